The number of rotatable bonds is 5. The number of carbonyl (C=O) groups is 1. The molecule has 154 valence electrons. The third-order valence-corrected chi connectivity index (χ3v) is 5.52. The van der Waals surface area contributed by atoms with Crippen LogP contribution in [-0.4, -0.2) is 33.3 Å². The highest BCUT2D eigenvalue weighted by atomic mass is 32.2. The summed E-state index contributed by atoms with van der Waals surface area (Å²) in [6.45, 7) is -0.159. The lowest BCUT2D eigenvalue weighted by molar-refractivity contribution is -0.118. The zero-order valence-electron chi connectivity index (χ0n) is 15.4. The molecule has 0 saturated heterocycles. The Labute approximate surface area is 173 Å². The van der Waals surface area contributed by atoms with Gasteiger partial charge in [-0.2, -0.15) is 0 Å². The molecule has 0 radical (unpaired) electrons. The smallest absolute Gasteiger partial charge is 0.252 e. The van der Waals surface area contributed by atoms with Gasteiger partial charge in [0.1, 0.15) is 24.0 Å². The molecule has 0 unspecified atom stereocenters. The number of benzene rings is 2. The molecule has 0 spiro atoms. The number of hydrogen-bond acceptors (Lipinski definition) is 7. The first-order chi connectivity index (χ1) is 14.6. The number of nitrogens with zero attached hydrogens (tertiary/aromatic N) is 4. The van der Waals surface area contributed by atoms with Crippen molar-refractivity contribution in [3.63, 3.8) is 0 Å². The Hall–Kier alpha value is -3.34. The van der Waals surface area contributed by atoms with E-state index in [1.807, 2.05) is 0 Å². The van der Waals surface area contributed by atoms with Gasteiger partial charge in [-0.1, -0.05) is 17.8 Å². The molecule has 5 rings (SSSR count). The number of halogens is 2. The van der Waals surface area contributed by atoms with E-state index in [-0.39, 0.29) is 37.2 Å². The van der Waals surface area contributed by atoms with Crippen LogP contribution in [0.15, 0.2) is 41.6 Å². The third-order valence-electron chi connectivity index (χ3n) is 4.61. The summed E-state index contributed by atoms with van der Waals surface area (Å²) in [6.07, 6.45) is 0. The zero-order valence-corrected chi connectivity index (χ0v) is 16.2. The van der Waals surface area contributed by atoms with Crippen LogP contribution >= 0.6 is 11.8 Å². The molecule has 1 amide bonds. The molecular formula is C19H14F2N4O4S. The minimum Gasteiger partial charge on any atom is -0.485 e. The standard InChI is InChI=1S/C19H14F2N4O4S/c20-13-2-1-3-14(21)12(13)7-24-18(26)9-30-19-23-22-17(25(19)24)8-27-11-4-5-15-16(6-11)29-10-28-15/h1-6H,7-10H2. The van der Waals surface area contributed by atoms with Crippen LogP contribution in [0.5, 0.6) is 17.2 Å². The lowest BCUT2D eigenvalue weighted by atomic mass is 10.2. The van der Waals surface area contributed by atoms with Gasteiger partial charge in [-0.15, -0.1) is 10.2 Å². The van der Waals surface area contributed by atoms with Crippen molar-refractivity contribution in [3.05, 3.63) is 59.4 Å². The second-order valence-corrected chi connectivity index (χ2v) is 7.40. The van der Waals surface area contributed by atoms with Gasteiger partial charge in [-0.05, 0) is 24.3 Å². The van der Waals surface area contributed by atoms with Gasteiger partial charge in [0.25, 0.3) is 5.91 Å². The van der Waals surface area contributed by atoms with Gasteiger partial charge in [0.15, 0.2) is 17.3 Å². The van der Waals surface area contributed by atoms with Crippen molar-refractivity contribution in [2.24, 2.45) is 0 Å². The van der Waals surface area contributed by atoms with E-state index in [4.69, 9.17) is 14.2 Å². The molecule has 1 aromatic heterocycles. The molecule has 11 heteroatoms. The Balaban J connectivity index is 1.41. The molecule has 30 heavy (non-hydrogen) atoms. The summed E-state index contributed by atoms with van der Waals surface area (Å²) in [5, 5.41) is 9.82. The number of ether oxygens (including phenoxy) is 3. The normalized spacial score (nSPS) is 14.7. The van der Waals surface area contributed by atoms with E-state index in [1.165, 1.54) is 27.5 Å². The molecule has 0 saturated carbocycles. The van der Waals surface area contributed by atoms with Gasteiger partial charge >= 0.3 is 0 Å². The molecule has 3 heterocycles. The van der Waals surface area contributed by atoms with Crippen LogP contribution in [0.4, 0.5) is 8.78 Å². The van der Waals surface area contributed by atoms with E-state index in [9.17, 15) is 13.6 Å². The van der Waals surface area contributed by atoms with Crippen LogP contribution in [-0.2, 0) is 17.9 Å². The summed E-state index contributed by atoms with van der Waals surface area (Å²) in [5.41, 5.74) is -0.208. The van der Waals surface area contributed by atoms with E-state index in [0.29, 0.717) is 28.2 Å². The van der Waals surface area contributed by atoms with Crippen LogP contribution in [0.1, 0.15) is 11.4 Å². The van der Waals surface area contributed by atoms with E-state index in [1.54, 1.807) is 18.2 Å². The predicted molar refractivity (Wildman–Crippen MR) is 101 cm³/mol. The highest BCUT2D eigenvalue weighted by Gasteiger charge is 2.30. The Morgan fingerprint density at radius 2 is 1.90 bits per heavy atom. The summed E-state index contributed by atoms with van der Waals surface area (Å²) < 4.78 is 46.1. The fourth-order valence-electron chi connectivity index (χ4n) is 3.14. The number of fused-ring (bicyclic) bond motifs is 2. The maximum Gasteiger partial charge on any atom is 0.252 e. The first kappa shape index (κ1) is 18.7. The van der Waals surface area contributed by atoms with Crippen LogP contribution in [0.25, 0.3) is 0 Å². The Kier molecular flexibility index (Phi) is 4.66. The van der Waals surface area contributed by atoms with Crippen LogP contribution in [0.2, 0.25) is 0 Å². The molecule has 8 nitrogen and oxygen atoms in total. The third kappa shape index (κ3) is 3.30. The number of carbonyl (C=O) groups excluding carboxylic acids is 1. The molecule has 2 aliphatic heterocycles. The van der Waals surface area contributed by atoms with Crippen LogP contribution < -0.4 is 19.2 Å². The minimum atomic E-state index is -0.728. The van der Waals surface area contributed by atoms with Crippen molar-refractivity contribution < 1.29 is 27.8 Å². The van der Waals surface area contributed by atoms with E-state index < -0.39 is 11.6 Å². The summed E-state index contributed by atoms with van der Waals surface area (Å²) in [5.74, 6) is 0.345. The van der Waals surface area contributed by atoms with Gasteiger partial charge in [-0.3, -0.25) is 4.79 Å². The van der Waals surface area contributed by atoms with Crippen molar-refractivity contribution in [2.45, 2.75) is 18.3 Å². The fraction of sp³-hybridized carbons (Fsp3) is 0.211. The highest BCUT2D eigenvalue weighted by molar-refractivity contribution is 7.99. The number of hydrogen-bond donors (Lipinski definition) is 0. The quantitative estimate of drug-likeness (QED) is 0.613. The average molecular weight is 432 g/mol. The van der Waals surface area contributed by atoms with Gasteiger partial charge in [-0.25, -0.2) is 18.5 Å². The van der Waals surface area contributed by atoms with Crippen molar-refractivity contribution >= 4 is 17.7 Å². The Bertz CT molecular complexity index is 1120. The maximum absolute atomic E-state index is 14.1. The van der Waals surface area contributed by atoms with Gasteiger partial charge in [0, 0.05) is 11.6 Å². The second kappa shape index (κ2) is 7.48. The second-order valence-electron chi connectivity index (χ2n) is 6.45. The number of thioether (sulfide) groups is 1. The highest BCUT2D eigenvalue weighted by Crippen LogP contribution is 2.35. The SMILES string of the molecule is O=C1CSc2nnc(COc3ccc4c(c3)OCO4)n2N1Cc1c(F)cccc1F. The van der Waals surface area contributed by atoms with Crippen LogP contribution in [0, 0.1) is 11.6 Å². The van der Waals surface area contributed by atoms with Crippen molar-refractivity contribution in [1.82, 2.24) is 14.9 Å². The molecule has 2 aromatic carbocycles. The van der Waals surface area contributed by atoms with Gasteiger partial charge < -0.3 is 14.2 Å². The molecule has 2 aliphatic rings. The molecule has 0 bridgehead atoms. The van der Waals surface area contributed by atoms with Gasteiger partial charge in [0.05, 0.1) is 12.3 Å². The minimum absolute atomic E-state index is 0.0171. The predicted octanol–water partition coefficient (Wildman–Crippen LogP) is 2.63. The van der Waals surface area contributed by atoms with E-state index in [0.717, 1.165) is 12.1 Å². The summed E-state index contributed by atoms with van der Waals surface area (Å²) >= 11 is 1.20. The molecule has 3 aromatic rings. The Morgan fingerprint density at radius 3 is 2.73 bits per heavy atom. The topological polar surface area (TPSA) is 78.7 Å². The lowest BCUT2D eigenvalue weighted by Crippen LogP contribution is -2.45. The Morgan fingerprint density at radius 1 is 1.10 bits per heavy atom. The van der Waals surface area contributed by atoms with Crippen molar-refractivity contribution in [3.8, 4) is 17.2 Å². The van der Waals surface area contributed by atoms with Crippen molar-refractivity contribution in [1.29, 1.82) is 0 Å². The summed E-state index contributed by atoms with van der Waals surface area (Å²) in [7, 11) is 0. The number of amides is 1. The maximum atomic E-state index is 14.1. The largest absolute Gasteiger partial charge is 0.485 e. The fourth-order valence-corrected chi connectivity index (χ4v) is 3.96. The molecule has 0 fully saturated rings. The van der Waals surface area contributed by atoms with Gasteiger partial charge in [0.2, 0.25) is 11.9 Å². The molecule has 0 N–H and O–H groups in total. The monoisotopic (exact) mass is 432 g/mol. The summed E-state index contributed by atoms with van der Waals surface area (Å²) in [4.78, 5) is 12.5. The lowest BCUT2D eigenvalue weighted by Gasteiger charge is -2.29. The van der Waals surface area contributed by atoms with Crippen molar-refractivity contribution in [2.75, 3.05) is 17.6 Å². The molecular weight excluding hydrogens is 418 g/mol. The average Bonchev–Trinajstić information content (AvgIpc) is 3.37. The van der Waals surface area contributed by atoms with Crippen LogP contribution in [0.3, 0.4) is 0 Å². The zero-order chi connectivity index (χ0) is 20.7. The first-order valence-electron chi connectivity index (χ1n) is 8.93. The van der Waals surface area contributed by atoms with E-state index >= 15 is 0 Å². The summed E-state index contributed by atoms with van der Waals surface area (Å²) in [6, 6.07) is 8.70. The molecule has 0 aliphatic carbocycles. The molecule has 0 atom stereocenters. The first-order valence-corrected chi connectivity index (χ1v) is 9.92. The van der Waals surface area contributed by atoms with E-state index in [2.05, 4.69) is 10.2 Å². The number of aromatic nitrogens is 3.